The molecule has 2 aromatic heterocycles. The highest BCUT2D eigenvalue weighted by Crippen LogP contribution is 2.46. The first-order valence-electron chi connectivity index (χ1n) is 9.55. The lowest BCUT2D eigenvalue weighted by atomic mass is 9.97. The average molecular weight is 470 g/mol. The summed E-state index contributed by atoms with van der Waals surface area (Å²) in [5.74, 6) is 0.331. The van der Waals surface area contributed by atoms with E-state index in [1.54, 1.807) is 37.3 Å². The van der Waals surface area contributed by atoms with Gasteiger partial charge in [0, 0.05) is 10.6 Å². The van der Waals surface area contributed by atoms with Gasteiger partial charge in [-0.3, -0.25) is 14.5 Å². The van der Waals surface area contributed by atoms with Crippen molar-refractivity contribution in [3.8, 4) is 11.5 Å². The molecule has 3 heterocycles. The monoisotopic (exact) mass is 469 g/mol. The predicted molar refractivity (Wildman–Crippen MR) is 120 cm³/mol. The van der Waals surface area contributed by atoms with Gasteiger partial charge in [-0.2, -0.15) is 0 Å². The van der Waals surface area contributed by atoms with E-state index in [-0.39, 0.29) is 27.7 Å². The molecule has 0 fully saturated rings. The molecule has 10 heteroatoms. The third kappa shape index (κ3) is 2.96. The lowest BCUT2D eigenvalue weighted by Crippen LogP contribution is -2.29. The second kappa shape index (κ2) is 7.61. The van der Waals surface area contributed by atoms with Gasteiger partial charge >= 0.3 is 0 Å². The summed E-state index contributed by atoms with van der Waals surface area (Å²) in [6.45, 7) is 1.79. The van der Waals surface area contributed by atoms with Crippen molar-refractivity contribution in [2.75, 3.05) is 19.1 Å². The molecule has 0 saturated heterocycles. The minimum atomic E-state index is -0.852. The number of rotatable bonds is 4. The van der Waals surface area contributed by atoms with E-state index >= 15 is 0 Å². The number of aryl methyl sites for hydroxylation is 1. The number of benzene rings is 2. The van der Waals surface area contributed by atoms with Gasteiger partial charge in [-0.1, -0.05) is 35.1 Å². The van der Waals surface area contributed by atoms with Crippen molar-refractivity contribution in [3.05, 3.63) is 73.5 Å². The largest absolute Gasteiger partial charge is 0.493 e. The number of nitrogens with zero attached hydrogens (tertiary/aromatic N) is 3. The van der Waals surface area contributed by atoms with Crippen molar-refractivity contribution in [2.24, 2.45) is 0 Å². The molecule has 5 rings (SSSR count). The summed E-state index contributed by atoms with van der Waals surface area (Å²) in [6.07, 6.45) is 0. The Hall–Kier alpha value is -3.43. The molecule has 0 N–H and O–H groups in total. The SMILES string of the molecule is COc1cccc([C@@H]2c3c(oc4ccc(Cl)cc4c3=O)C(=O)N2c2nnc(C)s2)c1OC. The zero-order chi connectivity index (χ0) is 22.6. The second-order valence-corrected chi connectivity index (χ2v) is 8.68. The smallest absolute Gasteiger partial charge is 0.297 e. The fourth-order valence-electron chi connectivity index (χ4n) is 3.95. The van der Waals surface area contributed by atoms with Crippen LogP contribution >= 0.6 is 22.9 Å². The number of hydrogen-bond acceptors (Lipinski definition) is 8. The number of para-hydroxylation sites is 1. The van der Waals surface area contributed by atoms with Crippen LogP contribution in [0.15, 0.2) is 45.6 Å². The zero-order valence-corrected chi connectivity index (χ0v) is 18.8. The summed E-state index contributed by atoms with van der Waals surface area (Å²) >= 11 is 7.37. The summed E-state index contributed by atoms with van der Waals surface area (Å²) in [7, 11) is 3.02. The topological polar surface area (TPSA) is 94.8 Å². The summed E-state index contributed by atoms with van der Waals surface area (Å²) < 4.78 is 17.0. The molecule has 162 valence electrons. The van der Waals surface area contributed by atoms with Gasteiger partial charge in [-0.15, -0.1) is 10.2 Å². The number of aromatic nitrogens is 2. The van der Waals surface area contributed by atoms with Gasteiger partial charge in [0.2, 0.25) is 10.9 Å². The first-order valence-corrected chi connectivity index (χ1v) is 10.7. The molecule has 0 unspecified atom stereocenters. The van der Waals surface area contributed by atoms with E-state index < -0.39 is 11.9 Å². The van der Waals surface area contributed by atoms with Crippen LogP contribution in [0.2, 0.25) is 5.02 Å². The zero-order valence-electron chi connectivity index (χ0n) is 17.2. The van der Waals surface area contributed by atoms with Crippen molar-refractivity contribution >= 4 is 44.9 Å². The lowest BCUT2D eigenvalue weighted by Gasteiger charge is -2.24. The highest BCUT2D eigenvalue weighted by atomic mass is 35.5. The van der Waals surface area contributed by atoms with E-state index in [9.17, 15) is 9.59 Å². The van der Waals surface area contributed by atoms with Crippen LogP contribution in [0.4, 0.5) is 5.13 Å². The first-order chi connectivity index (χ1) is 15.4. The van der Waals surface area contributed by atoms with Crippen molar-refractivity contribution in [2.45, 2.75) is 13.0 Å². The van der Waals surface area contributed by atoms with Gasteiger partial charge in [0.25, 0.3) is 5.91 Å². The molecule has 0 radical (unpaired) electrons. The highest BCUT2D eigenvalue weighted by molar-refractivity contribution is 7.15. The number of carbonyl (C=O) groups excluding carboxylic acids is 1. The first kappa shape index (κ1) is 20.5. The summed E-state index contributed by atoms with van der Waals surface area (Å²) in [5, 5.41) is 9.89. The van der Waals surface area contributed by atoms with Crippen LogP contribution < -0.4 is 19.8 Å². The summed E-state index contributed by atoms with van der Waals surface area (Å²) in [4.78, 5) is 28.6. The van der Waals surface area contributed by atoms with Gasteiger partial charge in [0.05, 0.1) is 25.2 Å². The van der Waals surface area contributed by atoms with Crippen molar-refractivity contribution < 1.29 is 18.7 Å². The Morgan fingerprint density at radius 1 is 1.12 bits per heavy atom. The van der Waals surface area contributed by atoms with Crippen molar-refractivity contribution in [1.82, 2.24) is 10.2 Å². The molecule has 4 aromatic rings. The van der Waals surface area contributed by atoms with Crippen LogP contribution in [0, 0.1) is 6.92 Å². The van der Waals surface area contributed by atoms with Crippen LogP contribution in [-0.4, -0.2) is 30.3 Å². The molecule has 32 heavy (non-hydrogen) atoms. The van der Waals surface area contributed by atoms with E-state index in [0.717, 1.165) is 0 Å². The minimum absolute atomic E-state index is 0.0486. The number of anilines is 1. The Bertz CT molecular complexity index is 1450. The van der Waals surface area contributed by atoms with E-state index in [4.69, 9.17) is 25.5 Å². The molecule has 1 aliphatic rings. The van der Waals surface area contributed by atoms with Crippen LogP contribution in [0.1, 0.15) is 32.7 Å². The van der Waals surface area contributed by atoms with Crippen molar-refractivity contribution in [3.63, 3.8) is 0 Å². The number of methoxy groups -OCH3 is 2. The molecule has 1 atom stereocenters. The van der Waals surface area contributed by atoms with Crippen LogP contribution in [0.25, 0.3) is 11.0 Å². The number of fused-ring (bicyclic) bond motifs is 2. The Kier molecular flexibility index (Phi) is 4.87. The molecular formula is C22H16ClN3O5S. The summed E-state index contributed by atoms with van der Waals surface area (Å²) in [6, 6.07) is 9.14. The Balaban J connectivity index is 1.86. The Labute approximate surface area is 191 Å². The average Bonchev–Trinajstić information content (AvgIpc) is 3.34. The maximum atomic E-state index is 13.6. The van der Waals surface area contributed by atoms with Gasteiger partial charge < -0.3 is 13.9 Å². The lowest BCUT2D eigenvalue weighted by molar-refractivity contribution is 0.0970. The van der Waals surface area contributed by atoms with Crippen LogP contribution in [0.3, 0.4) is 0 Å². The highest BCUT2D eigenvalue weighted by Gasteiger charge is 2.46. The standard InChI is InChI=1S/C22H16ClN3O5S/c1-10-24-25-22(32-10)26-17(12-5-4-6-15(29-2)19(12)30-3)16-18(27)13-9-11(23)7-8-14(13)31-20(16)21(26)28/h4-9,17H,1-3H3/t17-/m1/s1. The fraction of sp³-hybridized carbons (Fsp3) is 0.182. The van der Waals surface area contributed by atoms with Gasteiger partial charge in [-0.05, 0) is 31.2 Å². The van der Waals surface area contributed by atoms with Crippen LogP contribution in [0.5, 0.6) is 11.5 Å². The summed E-state index contributed by atoms with van der Waals surface area (Å²) in [5.41, 5.74) is 0.665. The second-order valence-electron chi connectivity index (χ2n) is 7.08. The number of amides is 1. The Morgan fingerprint density at radius 3 is 2.62 bits per heavy atom. The fourth-order valence-corrected chi connectivity index (χ4v) is 4.83. The minimum Gasteiger partial charge on any atom is -0.493 e. The van der Waals surface area contributed by atoms with Gasteiger partial charge in [0.1, 0.15) is 16.6 Å². The Morgan fingerprint density at radius 2 is 1.94 bits per heavy atom. The predicted octanol–water partition coefficient (Wildman–Crippen LogP) is 4.37. The van der Waals surface area contributed by atoms with E-state index in [1.807, 2.05) is 0 Å². The molecule has 0 spiro atoms. The number of ether oxygens (including phenoxy) is 2. The van der Waals surface area contributed by atoms with Crippen LogP contribution in [-0.2, 0) is 0 Å². The molecular weight excluding hydrogens is 454 g/mol. The maximum absolute atomic E-state index is 13.6. The molecule has 0 bridgehead atoms. The van der Waals surface area contributed by atoms with E-state index in [0.29, 0.717) is 32.2 Å². The van der Waals surface area contributed by atoms with E-state index in [1.165, 1.54) is 36.5 Å². The molecule has 8 nitrogen and oxygen atoms in total. The van der Waals surface area contributed by atoms with E-state index in [2.05, 4.69) is 10.2 Å². The normalized spacial score (nSPS) is 15.3. The molecule has 1 amide bonds. The molecule has 0 aliphatic carbocycles. The number of carbonyl (C=O) groups is 1. The number of halogens is 1. The third-order valence-electron chi connectivity index (χ3n) is 5.28. The van der Waals surface area contributed by atoms with Gasteiger partial charge in [-0.25, -0.2) is 0 Å². The van der Waals surface area contributed by atoms with Gasteiger partial charge in [0.15, 0.2) is 16.9 Å². The molecule has 0 saturated carbocycles. The third-order valence-corrected chi connectivity index (χ3v) is 6.35. The quantitative estimate of drug-likeness (QED) is 0.438. The number of hydrogen-bond donors (Lipinski definition) is 0. The maximum Gasteiger partial charge on any atom is 0.297 e. The molecule has 1 aliphatic heterocycles. The van der Waals surface area contributed by atoms with Crippen molar-refractivity contribution in [1.29, 1.82) is 0 Å². The molecule has 2 aromatic carbocycles.